The van der Waals surface area contributed by atoms with Gasteiger partial charge in [0.2, 0.25) is 5.95 Å². The monoisotopic (exact) mass is 261 g/mol. The largest absolute Gasteiger partial charge is 0.410 e. The fourth-order valence-electron chi connectivity index (χ4n) is 2.21. The predicted octanol–water partition coefficient (Wildman–Crippen LogP) is 0.430. The number of H-pyrrole nitrogens is 1. The molecule has 0 atom stereocenters. The van der Waals surface area contributed by atoms with Crippen LogP contribution in [0.3, 0.4) is 0 Å². The van der Waals surface area contributed by atoms with E-state index in [-0.39, 0.29) is 0 Å². The Morgan fingerprint density at radius 3 is 2.89 bits per heavy atom. The first-order chi connectivity index (χ1) is 9.24. The van der Waals surface area contributed by atoms with Crippen molar-refractivity contribution in [2.45, 2.75) is 0 Å². The van der Waals surface area contributed by atoms with Crippen LogP contribution >= 0.6 is 0 Å². The first kappa shape index (κ1) is 11.8. The summed E-state index contributed by atoms with van der Waals surface area (Å²) in [6.07, 6.45) is -0.834. The lowest BCUT2D eigenvalue weighted by molar-refractivity contribution is 0.211. The van der Waals surface area contributed by atoms with E-state index in [9.17, 15) is 4.79 Å². The Morgan fingerprint density at radius 1 is 1.37 bits per heavy atom. The molecule has 1 aliphatic heterocycles. The number of fused-ring (bicyclic) bond motifs is 1. The number of hydrogen-bond acceptors (Lipinski definition) is 5. The number of carbonyl (C=O) groups is 1. The lowest BCUT2D eigenvalue weighted by atomic mass is 10.3. The van der Waals surface area contributed by atoms with Gasteiger partial charge in [-0.25, -0.2) is 9.78 Å². The highest BCUT2D eigenvalue weighted by Crippen LogP contribution is 2.26. The van der Waals surface area contributed by atoms with Gasteiger partial charge in [0.15, 0.2) is 5.75 Å². The molecule has 0 spiro atoms. The first-order valence-electron chi connectivity index (χ1n) is 6.16. The second-order valence-electron chi connectivity index (χ2n) is 4.37. The fraction of sp³-hybridized carbons (Fsp3) is 0.333. The minimum absolute atomic E-state index is 0.377. The summed E-state index contributed by atoms with van der Waals surface area (Å²) in [6, 6.07) is 5.36. The van der Waals surface area contributed by atoms with Crippen LogP contribution in [-0.4, -0.2) is 42.2 Å². The van der Waals surface area contributed by atoms with E-state index in [2.05, 4.69) is 20.2 Å². The maximum Gasteiger partial charge on any atom is 0.410 e. The molecule has 1 amide bonds. The number of imidazole rings is 1. The smallest absolute Gasteiger partial charge is 0.408 e. The molecule has 0 aliphatic carbocycles. The van der Waals surface area contributed by atoms with Crippen LogP contribution in [0.15, 0.2) is 18.2 Å². The number of nitrogens with two attached hydrogens (primary N) is 1. The van der Waals surface area contributed by atoms with E-state index in [1.807, 2.05) is 6.07 Å². The molecule has 1 aliphatic rings. The number of piperazine rings is 1. The van der Waals surface area contributed by atoms with Gasteiger partial charge in [0.05, 0.1) is 5.52 Å². The minimum atomic E-state index is -0.834. The molecule has 4 N–H and O–H groups in total. The Labute approximate surface area is 109 Å². The van der Waals surface area contributed by atoms with Crippen LogP contribution in [0, 0.1) is 0 Å². The number of carbonyl (C=O) groups excluding carboxylic acids is 1. The van der Waals surface area contributed by atoms with Crippen molar-refractivity contribution in [3.8, 4) is 5.75 Å². The number of rotatable bonds is 2. The van der Waals surface area contributed by atoms with Gasteiger partial charge < -0.3 is 25.7 Å². The van der Waals surface area contributed by atoms with Crippen molar-refractivity contribution in [2.75, 3.05) is 31.1 Å². The number of amides is 1. The SMILES string of the molecule is NC(=O)Oc1cccc2[nH]c(N3CCNCC3)nc12. The summed E-state index contributed by atoms with van der Waals surface area (Å²) in [5.41, 5.74) is 6.49. The average molecular weight is 261 g/mol. The molecule has 0 saturated carbocycles. The van der Waals surface area contributed by atoms with Gasteiger partial charge in [-0.3, -0.25) is 0 Å². The molecule has 1 saturated heterocycles. The first-order valence-corrected chi connectivity index (χ1v) is 6.16. The molecule has 1 aromatic heterocycles. The van der Waals surface area contributed by atoms with Gasteiger partial charge in [-0.05, 0) is 12.1 Å². The third-order valence-electron chi connectivity index (χ3n) is 3.09. The van der Waals surface area contributed by atoms with Crippen LogP contribution in [-0.2, 0) is 0 Å². The summed E-state index contributed by atoms with van der Waals surface area (Å²) in [6.45, 7) is 3.65. The summed E-state index contributed by atoms with van der Waals surface area (Å²) in [5.74, 6) is 1.17. The van der Waals surface area contributed by atoms with Gasteiger partial charge in [0, 0.05) is 26.2 Å². The average Bonchev–Trinajstić information content (AvgIpc) is 2.84. The summed E-state index contributed by atoms with van der Waals surface area (Å²) >= 11 is 0. The quantitative estimate of drug-likeness (QED) is 0.728. The molecule has 2 heterocycles. The number of anilines is 1. The van der Waals surface area contributed by atoms with Crippen LogP contribution in [0.2, 0.25) is 0 Å². The molecular weight excluding hydrogens is 246 g/mol. The van der Waals surface area contributed by atoms with Crippen molar-refractivity contribution in [3.05, 3.63) is 18.2 Å². The maximum absolute atomic E-state index is 10.9. The number of benzene rings is 1. The summed E-state index contributed by atoms with van der Waals surface area (Å²) in [4.78, 5) is 20.8. The van der Waals surface area contributed by atoms with E-state index in [1.165, 1.54) is 0 Å². The third-order valence-corrected chi connectivity index (χ3v) is 3.09. The zero-order valence-electron chi connectivity index (χ0n) is 10.3. The Balaban J connectivity index is 1.97. The van der Waals surface area contributed by atoms with Crippen molar-refractivity contribution in [1.29, 1.82) is 0 Å². The molecule has 1 fully saturated rings. The number of nitrogens with one attached hydrogen (secondary N) is 2. The Morgan fingerprint density at radius 2 is 2.16 bits per heavy atom. The van der Waals surface area contributed by atoms with Crippen molar-refractivity contribution >= 4 is 23.1 Å². The Bertz CT molecular complexity index is 603. The van der Waals surface area contributed by atoms with Crippen LogP contribution in [0.4, 0.5) is 10.7 Å². The van der Waals surface area contributed by atoms with Gasteiger partial charge >= 0.3 is 6.09 Å². The Kier molecular flexibility index (Phi) is 2.96. The predicted molar refractivity (Wildman–Crippen MR) is 71.4 cm³/mol. The number of aromatic amines is 1. The number of nitrogens with zero attached hydrogens (tertiary/aromatic N) is 2. The van der Waals surface area contributed by atoms with Crippen LogP contribution in [0.5, 0.6) is 5.75 Å². The van der Waals surface area contributed by atoms with Gasteiger partial charge in [-0.15, -0.1) is 0 Å². The number of primary amides is 1. The molecule has 1 aromatic carbocycles. The molecular formula is C12H15N5O2. The maximum atomic E-state index is 10.9. The molecule has 0 bridgehead atoms. The van der Waals surface area contributed by atoms with Crippen LogP contribution < -0.4 is 20.7 Å². The van der Waals surface area contributed by atoms with E-state index in [0.29, 0.717) is 11.3 Å². The molecule has 0 radical (unpaired) electrons. The van der Waals surface area contributed by atoms with E-state index in [0.717, 1.165) is 37.6 Å². The van der Waals surface area contributed by atoms with Gasteiger partial charge in [0.25, 0.3) is 0 Å². The molecule has 19 heavy (non-hydrogen) atoms. The topological polar surface area (TPSA) is 96.3 Å². The van der Waals surface area contributed by atoms with Gasteiger partial charge in [0.1, 0.15) is 5.52 Å². The fourth-order valence-corrected chi connectivity index (χ4v) is 2.21. The molecule has 3 rings (SSSR count). The minimum Gasteiger partial charge on any atom is -0.408 e. The van der Waals surface area contributed by atoms with E-state index in [1.54, 1.807) is 12.1 Å². The second-order valence-corrected chi connectivity index (χ2v) is 4.37. The zero-order valence-corrected chi connectivity index (χ0v) is 10.3. The normalized spacial score (nSPS) is 15.7. The van der Waals surface area contributed by atoms with Crippen LogP contribution in [0.25, 0.3) is 11.0 Å². The summed E-state index contributed by atoms with van der Waals surface area (Å²) in [5, 5.41) is 3.29. The molecule has 7 heteroatoms. The highest BCUT2D eigenvalue weighted by atomic mass is 16.5. The number of aromatic nitrogens is 2. The lowest BCUT2D eigenvalue weighted by Crippen LogP contribution is -2.44. The second kappa shape index (κ2) is 4.77. The molecule has 2 aromatic rings. The highest BCUT2D eigenvalue weighted by Gasteiger charge is 2.16. The highest BCUT2D eigenvalue weighted by molar-refractivity contribution is 5.86. The van der Waals surface area contributed by atoms with Crippen molar-refractivity contribution in [1.82, 2.24) is 15.3 Å². The van der Waals surface area contributed by atoms with E-state index in [4.69, 9.17) is 10.5 Å². The van der Waals surface area contributed by atoms with Crippen molar-refractivity contribution in [3.63, 3.8) is 0 Å². The molecule has 100 valence electrons. The zero-order chi connectivity index (χ0) is 13.2. The summed E-state index contributed by atoms with van der Waals surface area (Å²) < 4.78 is 4.95. The summed E-state index contributed by atoms with van der Waals surface area (Å²) in [7, 11) is 0. The third kappa shape index (κ3) is 2.32. The van der Waals surface area contributed by atoms with E-state index >= 15 is 0 Å². The lowest BCUT2D eigenvalue weighted by Gasteiger charge is -2.26. The van der Waals surface area contributed by atoms with Gasteiger partial charge in [-0.1, -0.05) is 6.07 Å². The molecule has 7 nitrogen and oxygen atoms in total. The standard InChI is InChI=1S/C12H15N5O2/c13-11(18)19-9-3-1-2-8-10(9)16-12(15-8)17-6-4-14-5-7-17/h1-3,14H,4-7H2,(H2,13,18)(H,15,16). The van der Waals surface area contributed by atoms with Crippen molar-refractivity contribution in [2.24, 2.45) is 5.73 Å². The Hall–Kier alpha value is -2.28. The number of para-hydroxylation sites is 1. The van der Waals surface area contributed by atoms with E-state index < -0.39 is 6.09 Å². The van der Waals surface area contributed by atoms with Gasteiger partial charge in [-0.2, -0.15) is 0 Å². The van der Waals surface area contributed by atoms with Crippen molar-refractivity contribution < 1.29 is 9.53 Å². The number of ether oxygens (including phenoxy) is 1. The molecule has 0 unspecified atom stereocenters. The van der Waals surface area contributed by atoms with Crippen LogP contribution in [0.1, 0.15) is 0 Å². The number of hydrogen-bond donors (Lipinski definition) is 3.